The molecule has 1 aromatic carbocycles. The molecule has 0 spiro atoms. The number of nitrogens with one attached hydrogen (secondary N) is 1. The van der Waals surface area contributed by atoms with Gasteiger partial charge in [0.15, 0.2) is 0 Å². The van der Waals surface area contributed by atoms with Crippen molar-refractivity contribution in [1.29, 1.82) is 0 Å². The highest BCUT2D eigenvalue weighted by Crippen LogP contribution is 2.24. The van der Waals surface area contributed by atoms with Gasteiger partial charge in [-0.25, -0.2) is 13.1 Å². The number of hydrogen-bond acceptors (Lipinski definition) is 3. The predicted molar refractivity (Wildman–Crippen MR) is 73.0 cm³/mol. The summed E-state index contributed by atoms with van der Waals surface area (Å²) in [6.07, 6.45) is 0.696. The predicted octanol–water partition coefficient (Wildman–Crippen LogP) is 2.21. The average molecular weight is 334 g/mol. The van der Waals surface area contributed by atoms with E-state index in [-0.39, 0.29) is 4.90 Å². The summed E-state index contributed by atoms with van der Waals surface area (Å²) in [6, 6.07) is 5.00. The minimum absolute atomic E-state index is 0.288. The Morgan fingerprint density at radius 2 is 2.17 bits per heavy atom. The molecule has 1 atom stereocenters. The van der Waals surface area contributed by atoms with Gasteiger partial charge in [0.1, 0.15) is 0 Å². The second-order valence-corrected chi connectivity index (χ2v) is 7.42. The van der Waals surface area contributed by atoms with E-state index in [0.717, 1.165) is 10.0 Å². The number of aryl methyl sites for hydroxylation is 1. The van der Waals surface area contributed by atoms with Crippen LogP contribution in [0.1, 0.15) is 18.9 Å². The van der Waals surface area contributed by atoms with Crippen LogP contribution in [-0.4, -0.2) is 27.2 Å². The van der Waals surface area contributed by atoms with Crippen molar-refractivity contribution in [2.24, 2.45) is 0 Å². The molecule has 18 heavy (non-hydrogen) atoms. The molecule has 4 nitrogen and oxygen atoms in total. The van der Waals surface area contributed by atoms with Crippen molar-refractivity contribution in [2.45, 2.75) is 30.7 Å². The fraction of sp³-hybridized carbons (Fsp3) is 0.500. The largest absolute Gasteiger partial charge is 0.379 e. The molecule has 1 heterocycles. The number of sulfonamides is 1. The topological polar surface area (TPSA) is 55.4 Å². The van der Waals surface area contributed by atoms with Crippen molar-refractivity contribution < 1.29 is 13.2 Å². The van der Waals surface area contributed by atoms with Crippen LogP contribution >= 0.6 is 15.9 Å². The molecule has 1 unspecified atom stereocenters. The molecule has 0 radical (unpaired) electrons. The molecule has 0 aromatic heterocycles. The third-order valence-electron chi connectivity index (χ3n) is 3.04. The third-order valence-corrected chi connectivity index (χ3v) is 5.57. The van der Waals surface area contributed by atoms with E-state index in [0.29, 0.717) is 19.6 Å². The van der Waals surface area contributed by atoms with E-state index < -0.39 is 15.6 Å². The van der Waals surface area contributed by atoms with Crippen molar-refractivity contribution in [3.05, 3.63) is 28.2 Å². The van der Waals surface area contributed by atoms with Gasteiger partial charge < -0.3 is 4.74 Å². The Kier molecular flexibility index (Phi) is 3.82. The van der Waals surface area contributed by atoms with Gasteiger partial charge in [-0.15, -0.1) is 0 Å². The van der Waals surface area contributed by atoms with Gasteiger partial charge in [-0.3, -0.25) is 0 Å². The summed E-state index contributed by atoms with van der Waals surface area (Å²) >= 11 is 3.36. The van der Waals surface area contributed by atoms with Crippen molar-refractivity contribution >= 4 is 26.0 Å². The first-order chi connectivity index (χ1) is 8.32. The van der Waals surface area contributed by atoms with Gasteiger partial charge in [-0.05, 0) is 44.0 Å². The van der Waals surface area contributed by atoms with E-state index in [1.54, 1.807) is 18.2 Å². The molecule has 1 saturated heterocycles. The van der Waals surface area contributed by atoms with Crippen LogP contribution in [0.4, 0.5) is 0 Å². The summed E-state index contributed by atoms with van der Waals surface area (Å²) in [5.74, 6) is 0. The first kappa shape index (κ1) is 14.0. The molecule has 1 fully saturated rings. The Morgan fingerprint density at radius 3 is 2.72 bits per heavy atom. The van der Waals surface area contributed by atoms with Crippen LogP contribution in [0.5, 0.6) is 0 Å². The molecule has 0 bridgehead atoms. The monoisotopic (exact) mass is 333 g/mol. The number of halogens is 1. The number of rotatable bonds is 3. The Balaban J connectivity index is 2.27. The molecule has 0 amide bonds. The molecule has 1 aromatic rings. The maximum Gasteiger partial charge on any atom is 0.241 e. The van der Waals surface area contributed by atoms with Gasteiger partial charge in [-0.2, -0.15) is 0 Å². The summed E-state index contributed by atoms with van der Waals surface area (Å²) in [4.78, 5) is 0.288. The van der Waals surface area contributed by atoms with E-state index in [4.69, 9.17) is 4.74 Å². The summed E-state index contributed by atoms with van der Waals surface area (Å²) in [7, 11) is -3.49. The van der Waals surface area contributed by atoms with Crippen LogP contribution in [0.25, 0.3) is 0 Å². The highest BCUT2D eigenvalue weighted by atomic mass is 79.9. The number of ether oxygens (including phenoxy) is 1. The SMILES string of the molecule is Cc1cc(S(=O)(=O)NC2(C)CCOC2)ccc1Br. The van der Waals surface area contributed by atoms with Gasteiger partial charge >= 0.3 is 0 Å². The lowest BCUT2D eigenvalue weighted by Gasteiger charge is -2.23. The van der Waals surface area contributed by atoms with E-state index in [1.165, 1.54) is 0 Å². The quantitative estimate of drug-likeness (QED) is 0.922. The summed E-state index contributed by atoms with van der Waals surface area (Å²) in [5, 5.41) is 0. The fourth-order valence-corrected chi connectivity index (χ4v) is 3.67. The zero-order chi connectivity index (χ0) is 13.4. The van der Waals surface area contributed by atoms with Gasteiger partial charge in [-0.1, -0.05) is 15.9 Å². The molecule has 0 aliphatic carbocycles. The third kappa shape index (κ3) is 2.93. The fourth-order valence-electron chi connectivity index (χ4n) is 1.92. The van der Waals surface area contributed by atoms with Crippen molar-refractivity contribution in [3.8, 4) is 0 Å². The highest BCUT2D eigenvalue weighted by molar-refractivity contribution is 9.10. The molecule has 1 aliphatic heterocycles. The maximum absolute atomic E-state index is 12.3. The molecular formula is C12H16BrNO3S. The normalized spacial score (nSPS) is 24.4. The standard InChI is InChI=1S/C12H16BrNO3S/c1-9-7-10(3-4-11(9)13)18(15,16)14-12(2)5-6-17-8-12/h3-4,7,14H,5-6,8H2,1-2H3. The molecule has 100 valence electrons. The van der Waals surface area contributed by atoms with Crippen LogP contribution in [0.15, 0.2) is 27.6 Å². The molecule has 0 saturated carbocycles. The molecular weight excluding hydrogens is 318 g/mol. The van der Waals surface area contributed by atoms with Crippen LogP contribution < -0.4 is 4.72 Å². The van der Waals surface area contributed by atoms with Crippen LogP contribution in [0, 0.1) is 6.92 Å². The minimum Gasteiger partial charge on any atom is -0.379 e. The Bertz CT molecular complexity index is 550. The zero-order valence-electron chi connectivity index (χ0n) is 10.4. The average Bonchev–Trinajstić information content (AvgIpc) is 2.67. The zero-order valence-corrected chi connectivity index (χ0v) is 12.8. The van der Waals surface area contributed by atoms with Gasteiger partial charge in [0.05, 0.1) is 17.0 Å². The van der Waals surface area contributed by atoms with Crippen molar-refractivity contribution in [3.63, 3.8) is 0 Å². The summed E-state index contributed by atoms with van der Waals surface area (Å²) < 4.78 is 33.4. The molecule has 1 N–H and O–H groups in total. The van der Waals surface area contributed by atoms with Gasteiger partial charge in [0.2, 0.25) is 10.0 Å². The van der Waals surface area contributed by atoms with E-state index in [1.807, 2.05) is 13.8 Å². The first-order valence-electron chi connectivity index (χ1n) is 5.70. The van der Waals surface area contributed by atoms with Gasteiger partial charge in [0, 0.05) is 11.1 Å². The van der Waals surface area contributed by atoms with Crippen molar-refractivity contribution in [1.82, 2.24) is 4.72 Å². The van der Waals surface area contributed by atoms with Crippen LogP contribution in [-0.2, 0) is 14.8 Å². The maximum atomic E-state index is 12.3. The number of benzene rings is 1. The Hall–Kier alpha value is -0.430. The lowest BCUT2D eigenvalue weighted by Crippen LogP contribution is -2.46. The Labute approximate surface area is 116 Å². The van der Waals surface area contributed by atoms with Crippen LogP contribution in [0.2, 0.25) is 0 Å². The summed E-state index contributed by atoms with van der Waals surface area (Å²) in [5.41, 5.74) is 0.394. The van der Waals surface area contributed by atoms with E-state index in [9.17, 15) is 8.42 Å². The molecule has 1 aliphatic rings. The van der Waals surface area contributed by atoms with E-state index in [2.05, 4.69) is 20.7 Å². The highest BCUT2D eigenvalue weighted by Gasteiger charge is 2.34. The van der Waals surface area contributed by atoms with E-state index >= 15 is 0 Å². The number of hydrogen-bond donors (Lipinski definition) is 1. The Morgan fingerprint density at radius 1 is 1.44 bits per heavy atom. The molecule has 6 heteroatoms. The first-order valence-corrected chi connectivity index (χ1v) is 7.98. The lowest BCUT2D eigenvalue weighted by molar-refractivity contribution is 0.178. The van der Waals surface area contributed by atoms with Gasteiger partial charge in [0.25, 0.3) is 0 Å². The minimum atomic E-state index is -3.49. The lowest BCUT2D eigenvalue weighted by atomic mass is 10.0. The smallest absolute Gasteiger partial charge is 0.241 e. The second kappa shape index (κ2) is 4.92. The second-order valence-electron chi connectivity index (χ2n) is 4.88. The van der Waals surface area contributed by atoms with Crippen molar-refractivity contribution in [2.75, 3.05) is 13.2 Å². The molecule has 2 rings (SSSR count). The van der Waals surface area contributed by atoms with Crippen LogP contribution in [0.3, 0.4) is 0 Å². The summed E-state index contributed by atoms with van der Waals surface area (Å²) in [6.45, 7) is 4.74.